The lowest BCUT2D eigenvalue weighted by molar-refractivity contribution is 0.0697. The van der Waals surface area contributed by atoms with Gasteiger partial charge in [-0.3, -0.25) is 0 Å². The Morgan fingerprint density at radius 1 is 1.32 bits per heavy atom. The van der Waals surface area contributed by atoms with Crippen LogP contribution in [0.1, 0.15) is 46.2 Å². The van der Waals surface area contributed by atoms with Crippen molar-refractivity contribution in [3.8, 4) is 11.3 Å². The highest BCUT2D eigenvalue weighted by atomic mass is 16.5. The van der Waals surface area contributed by atoms with Crippen LogP contribution in [0.3, 0.4) is 0 Å². The van der Waals surface area contributed by atoms with Gasteiger partial charge in [-0.25, -0.2) is 9.78 Å². The third-order valence-electron chi connectivity index (χ3n) is 4.25. The molecule has 1 aromatic heterocycles. The van der Waals surface area contributed by atoms with E-state index in [0.717, 1.165) is 54.4 Å². The van der Waals surface area contributed by atoms with Crippen LogP contribution in [0.5, 0.6) is 0 Å². The largest absolute Gasteiger partial charge is 0.478 e. The quantitative estimate of drug-likeness (QED) is 0.912. The summed E-state index contributed by atoms with van der Waals surface area (Å²) in [5, 5.41) is 9.18. The fraction of sp³-hybridized carbons (Fsp3) is 0.412. The van der Waals surface area contributed by atoms with E-state index in [2.05, 4.69) is 4.98 Å². The molecule has 0 unspecified atom stereocenters. The van der Waals surface area contributed by atoms with Crippen molar-refractivity contribution in [1.29, 1.82) is 0 Å². The number of carbonyl (C=O) groups is 1. The second-order valence-electron chi connectivity index (χ2n) is 5.82. The van der Waals surface area contributed by atoms with Crippen molar-refractivity contribution in [1.82, 2.24) is 9.97 Å². The molecule has 1 saturated heterocycles. The van der Waals surface area contributed by atoms with Crippen LogP contribution in [0.4, 0.5) is 0 Å². The normalized spacial score (nSPS) is 15.9. The Morgan fingerprint density at radius 2 is 2.05 bits per heavy atom. The van der Waals surface area contributed by atoms with Crippen LogP contribution in [-0.2, 0) is 4.74 Å². The molecule has 22 heavy (non-hydrogen) atoms. The molecule has 2 heterocycles. The average Bonchev–Trinajstić information content (AvgIpc) is 2.90. The fourth-order valence-electron chi connectivity index (χ4n) is 2.92. The summed E-state index contributed by atoms with van der Waals surface area (Å²) in [6.45, 7) is 5.50. The van der Waals surface area contributed by atoms with Crippen molar-refractivity contribution in [2.45, 2.75) is 32.6 Å². The zero-order valence-corrected chi connectivity index (χ0v) is 12.8. The van der Waals surface area contributed by atoms with Gasteiger partial charge in [-0.1, -0.05) is 6.07 Å². The van der Waals surface area contributed by atoms with E-state index in [1.807, 2.05) is 19.9 Å². The topological polar surface area (TPSA) is 75.2 Å². The van der Waals surface area contributed by atoms with E-state index in [1.54, 1.807) is 12.1 Å². The molecule has 0 radical (unpaired) electrons. The second kappa shape index (κ2) is 5.93. The summed E-state index contributed by atoms with van der Waals surface area (Å²) in [6.07, 6.45) is 1.95. The SMILES string of the molecule is Cc1ccc(C(=O)O)cc1-c1nc(C2CCOCC2)[nH]c1C. The lowest BCUT2D eigenvalue weighted by Gasteiger charge is -2.19. The van der Waals surface area contributed by atoms with Crippen LogP contribution in [0, 0.1) is 13.8 Å². The molecular formula is C17H20N2O3. The predicted molar refractivity (Wildman–Crippen MR) is 83.3 cm³/mol. The van der Waals surface area contributed by atoms with Gasteiger partial charge in [0, 0.05) is 30.4 Å². The van der Waals surface area contributed by atoms with E-state index in [-0.39, 0.29) is 5.56 Å². The third kappa shape index (κ3) is 2.76. The molecule has 0 aliphatic carbocycles. The standard InChI is InChI=1S/C17H20N2O3/c1-10-3-4-13(17(20)21)9-14(10)15-11(2)18-16(19-15)12-5-7-22-8-6-12/h3-4,9,12H,5-8H2,1-2H3,(H,18,19)(H,20,21). The van der Waals surface area contributed by atoms with E-state index in [4.69, 9.17) is 9.72 Å². The van der Waals surface area contributed by atoms with Gasteiger partial charge in [-0.05, 0) is 44.4 Å². The van der Waals surface area contributed by atoms with Gasteiger partial charge in [-0.15, -0.1) is 0 Å². The average molecular weight is 300 g/mol. The number of hydrogen-bond acceptors (Lipinski definition) is 3. The number of ether oxygens (including phenoxy) is 1. The van der Waals surface area contributed by atoms with Gasteiger partial charge in [0.15, 0.2) is 0 Å². The lowest BCUT2D eigenvalue weighted by Crippen LogP contribution is -2.15. The first-order chi connectivity index (χ1) is 10.6. The number of benzene rings is 1. The van der Waals surface area contributed by atoms with Crippen LogP contribution >= 0.6 is 0 Å². The summed E-state index contributed by atoms with van der Waals surface area (Å²) in [4.78, 5) is 19.3. The second-order valence-corrected chi connectivity index (χ2v) is 5.82. The summed E-state index contributed by atoms with van der Waals surface area (Å²) < 4.78 is 5.40. The van der Waals surface area contributed by atoms with Crippen molar-refractivity contribution in [3.63, 3.8) is 0 Å². The number of H-pyrrole nitrogens is 1. The molecule has 2 aromatic rings. The Kier molecular flexibility index (Phi) is 3.98. The maximum Gasteiger partial charge on any atom is 0.335 e. The maximum absolute atomic E-state index is 11.2. The highest BCUT2D eigenvalue weighted by molar-refractivity contribution is 5.89. The third-order valence-corrected chi connectivity index (χ3v) is 4.25. The van der Waals surface area contributed by atoms with Gasteiger partial charge in [-0.2, -0.15) is 0 Å². The van der Waals surface area contributed by atoms with Gasteiger partial charge >= 0.3 is 5.97 Å². The minimum absolute atomic E-state index is 0.288. The summed E-state index contributed by atoms with van der Waals surface area (Å²) in [7, 11) is 0. The molecule has 1 aliphatic rings. The van der Waals surface area contributed by atoms with E-state index >= 15 is 0 Å². The number of rotatable bonds is 3. The number of nitrogens with one attached hydrogen (secondary N) is 1. The Balaban J connectivity index is 1.99. The minimum Gasteiger partial charge on any atom is -0.478 e. The molecule has 1 aliphatic heterocycles. The van der Waals surface area contributed by atoms with Crippen LogP contribution in [-0.4, -0.2) is 34.3 Å². The summed E-state index contributed by atoms with van der Waals surface area (Å²) >= 11 is 0. The first-order valence-corrected chi connectivity index (χ1v) is 7.55. The highest BCUT2D eigenvalue weighted by Gasteiger charge is 2.21. The van der Waals surface area contributed by atoms with Crippen molar-refractivity contribution in [3.05, 3.63) is 40.8 Å². The number of aryl methyl sites for hydroxylation is 2. The number of nitrogens with zero attached hydrogens (tertiary/aromatic N) is 1. The van der Waals surface area contributed by atoms with Gasteiger partial charge in [0.2, 0.25) is 0 Å². The molecule has 2 N–H and O–H groups in total. The predicted octanol–water partition coefficient (Wildman–Crippen LogP) is 3.29. The molecule has 1 fully saturated rings. The molecule has 5 heteroatoms. The van der Waals surface area contributed by atoms with E-state index in [9.17, 15) is 9.90 Å². The Bertz CT molecular complexity index is 700. The van der Waals surface area contributed by atoms with Gasteiger partial charge in [0.25, 0.3) is 0 Å². The Morgan fingerprint density at radius 3 is 2.73 bits per heavy atom. The van der Waals surface area contributed by atoms with E-state index in [1.165, 1.54) is 0 Å². The number of carboxylic acids is 1. The van der Waals surface area contributed by atoms with Gasteiger partial charge < -0.3 is 14.8 Å². The molecule has 116 valence electrons. The number of carboxylic acid groups (broad SMARTS) is 1. The van der Waals surface area contributed by atoms with E-state index < -0.39 is 5.97 Å². The van der Waals surface area contributed by atoms with Crippen LogP contribution in [0.15, 0.2) is 18.2 Å². The number of aromatic carboxylic acids is 1. The van der Waals surface area contributed by atoms with Gasteiger partial charge in [0.05, 0.1) is 11.3 Å². The molecule has 1 aromatic carbocycles. The summed E-state index contributed by atoms with van der Waals surface area (Å²) in [6, 6.07) is 5.16. The Labute approximate surface area is 129 Å². The van der Waals surface area contributed by atoms with Gasteiger partial charge in [0.1, 0.15) is 5.82 Å². The monoisotopic (exact) mass is 300 g/mol. The fourth-order valence-corrected chi connectivity index (χ4v) is 2.92. The zero-order chi connectivity index (χ0) is 15.7. The number of imidazole rings is 1. The van der Waals surface area contributed by atoms with Crippen LogP contribution in [0.2, 0.25) is 0 Å². The first kappa shape index (κ1) is 14.8. The first-order valence-electron chi connectivity index (χ1n) is 7.55. The number of hydrogen-bond donors (Lipinski definition) is 2. The summed E-state index contributed by atoms with van der Waals surface area (Å²) in [5.41, 5.74) is 4.02. The maximum atomic E-state index is 11.2. The van der Waals surface area contributed by atoms with Crippen molar-refractivity contribution in [2.75, 3.05) is 13.2 Å². The van der Waals surface area contributed by atoms with Crippen molar-refractivity contribution >= 4 is 5.97 Å². The molecule has 0 atom stereocenters. The molecule has 3 rings (SSSR count). The molecule has 5 nitrogen and oxygen atoms in total. The zero-order valence-electron chi connectivity index (χ0n) is 12.8. The molecule has 0 spiro atoms. The van der Waals surface area contributed by atoms with Crippen molar-refractivity contribution in [2.24, 2.45) is 0 Å². The minimum atomic E-state index is -0.918. The Hall–Kier alpha value is -2.14. The van der Waals surface area contributed by atoms with Crippen LogP contribution in [0.25, 0.3) is 11.3 Å². The number of aromatic amines is 1. The van der Waals surface area contributed by atoms with Crippen molar-refractivity contribution < 1.29 is 14.6 Å². The smallest absolute Gasteiger partial charge is 0.335 e. The molecule has 0 bridgehead atoms. The highest BCUT2D eigenvalue weighted by Crippen LogP contribution is 2.31. The van der Waals surface area contributed by atoms with E-state index in [0.29, 0.717) is 5.92 Å². The van der Waals surface area contributed by atoms with Crippen LogP contribution < -0.4 is 0 Å². The molecule has 0 amide bonds. The molecular weight excluding hydrogens is 280 g/mol. The molecule has 0 saturated carbocycles. The number of aromatic nitrogens is 2. The lowest BCUT2D eigenvalue weighted by atomic mass is 9.99. The summed E-state index contributed by atoms with van der Waals surface area (Å²) in [5.74, 6) is 0.458.